The first-order chi connectivity index (χ1) is 10.1. The summed E-state index contributed by atoms with van der Waals surface area (Å²) in [6, 6.07) is 10.9. The molecule has 0 aliphatic heterocycles. The summed E-state index contributed by atoms with van der Waals surface area (Å²) < 4.78 is 15.7. The van der Waals surface area contributed by atoms with E-state index in [-0.39, 0.29) is 11.4 Å². The van der Waals surface area contributed by atoms with Crippen molar-refractivity contribution in [2.24, 2.45) is 0 Å². The molecule has 0 N–H and O–H groups in total. The molecule has 0 aliphatic carbocycles. The number of nitrogens with zero attached hydrogens (tertiary/aromatic N) is 1. The van der Waals surface area contributed by atoms with Gasteiger partial charge in [-0.25, -0.2) is 0 Å². The summed E-state index contributed by atoms with van der Waals surface area (Å²) in [5.41, 5.74) is 1.29. The third kappa shape index (κ3) is 2.74. The lowest BCUT2D eigenvalue weighted by atomic mass is 10.0. The van der Waals surface area contributed by atoms with Gasteiger partial charge in [0.2, 0.25) is 0 Å². The first-order valence-corrected chi connectivity index (χ1v) is 6.07. The molecule has 6 heteroatoms. The summed E-state index contributed by atoms with van der Waals surface area (Å²) in [5.74, 6) is 1.30. The molecule has 0 saturated heterocycles. The maximum Gasteiger partial charge on any atom is 0.310 e. The average Bonchev–Trinajstić information content (AvgIpc) is 2.53. The van der Waals surface area contributed by atoms with Crippen LogP contribution in [0.5, 0.6) is 17.2 Å². The Morgan fingerprint density at radius 2 is 1.57 bits per heavy atom. The Bertz CT molecular complexity index is 647. The van der Waals surface area contributed by atoms with E-state index in [4.69, 9.17) is 14.2 Å². The normalized spacial score (nSPS) is 10.0. The predicted molar refractivity (Wildman–Crippen MR) is 77.0 cm³/mol. The molecule has 0 aromatic heterocycles. The number of ether oxygens (including phenoxy) is 3. The molecular formula is C15H14NO5. The number of nitro benzene ring substituents is 1. The van der Waals surface area contributed by atoms with Crippen molar-refractivity contribution >= 4 is 5.69 Å². The highest BCUT2D eigenvalue weighted by Crippen LogP contribution is 2.41. The van der Waals surface area contributed by atoms with E-state index in [1.54, 1.807) is 24.3 Å². The molecule has 0 saturated carbocycles. The molecule has 2 aromatic carbocycles. The summed E-state index contributed by atoms with van der Waals surface area (Å²) in [6.45, 7) is 0. The van der Waals surface area contributed by atoms with Crippen LogP contribution >= 0.6 is 0 Å². The first-order valence-electron chi connectivity index (χ1n) is 6.07. The Balaban J connectivity index is 2.65. The highest BCUT2D eigenvalue weighted by Gasteiger charge is 2.19. The fourth-order valence-electron chi connectivity index (χ4n) is 2.05. The fraction of sp³-hybridized carbons (Fsp3) is 0.200. The Hall–Kier alpha value is -2.76. The molecule has 0 atom stereocenters. The lowest BCUT2D eigenvalue weighted by Crippen LogP contribution is -1.96. The number of hydrogen-bond donors (Lipinski definition) is 0. The van der Waals surface area contributed by atoms with Crippen molar-refractivity contribution in [3.63, 3.8) is 0 Å². The Kier molecular flexibility index (Phi) is 4.27. The molecule has 0 unspecified atom stereocenters. The summed E-state index contributed by atoms with van der Waals surface area (Å²) in [7, 11) is 4.46. The van der Waals surface area contributed by atoms with E-state index in [2.05, 4.69) is 6.07 Å². The molecule has 1 radical (unpaired) electrons. The van der Waals surface area contributed by atoms with E-state index in [1.165, 1.54) is 27.4 Å². The van der Waals surface area contributed by atoms with Gasteiger partial charge in [0.25, 0.3) is 0 Å². The third-order valence-electron chi connectivity index (χ3n) is 3.03. The van der Waals surface area contributed by atoms with E-state index >= 15 is 0 Å². The molecule has 0 amide bonds. The molecule has 109 valence electrons. The van der Waals surface area contributed by atoms with Gasteiger partial charge in [0.05, 0.1) is 31.8 Å². The Morgan fingerprint density at radius 3 is 2.05 bits per heavy atom. The lowest BCUT2D eigenvalue weighted by Gasteiger charge is -2.13. The van der Waals surface area contributed by atoms with Crippen LogP contribution in [0.4, 0.5) is 5.69 Å². The molecule has 0 aliphatic rings. The van der Waals surface area contributed by atoms with Crippen LogP contribution in [0.2, 0.25) is 0 Å². The van der Waals surface area contributed by atoms with E-state index < -0.39 is 4.92 Å². The van der Waals surface area contributed by atoms with Crippen molar-refractivity contribution in [1.29, 1.82) is 0 Å². The number of hydrogen-bond acceptors (Lipinski definition) is 5. The van der Waals surface area contributed by atoms with Crippen LogP contribution in [0.25, 0.3) is 11.1 Å². The van der Waals surface area contributed by atoms with Gasteiger partial charge in [0, 0.05) is 6.07 Å². The minimum atomic E-state index is -0.490. The van der Waals surface area contributed by atoms with Crippen molar-refractivity contribution in [2.45, 2.75) is 0 Å². The van der Waals surface area contributed by atoms with Crippen LogP contribution in [-0.4, -0.2) is 26.3 Å². The van der Waals surface area contributed by atoms with Crippen LogP contribution in [0.3, 0.4) is 0 Å². The minimum absolute atomic E-state index is 0.0957. The van der Waals surface area contributed by atoms with Crippen LogP contribution < -0.4 is 14.2 Å². The SMILES string of the molecule is COc1cc(-c2c(OC)c[c]cc2OC)ccc1[N+](=O)[O-]. The van der Waals surface area contributed by atoms with Crippen LogP contribution in [0, 0.1) is 16.2 Å². The number of rotatable bonds is 5. The summed E-state index contributed by atoms with van der Waals surface area (Å²) in [4.78, 5) is 10.5. The molecular weight excluding hydrogens is 274 g/mol. The van der Waals surface area contributed by atoms with Gasteiger partial charge in [-0.2, -0.15) is 0 Å². The van der Waals surface area contributed by atoms with E-state index in [9.17, 15) is 10.1 Å². The van der Waals surface area contributed by atoms with Crippen molar-refractivity contribution in [3.05, 3.63) is 46.5 Å². The second kappa shape index (κ2) is 6.13. The van der Waals surface area contributed by atoms with Gasteiger partial charge in [0.1, 0.15) is 11.5 Å². The summed E-state index contributed by atoms with van der Waals surface area (Å²) in [5, 5.41) is 10.9. The second-order valence-corrected chi connectivity index (χ2v) is 4.11. The molecule has 6 nitrogen and oxygen atoms in total. The zero-order valence-corrected chi connectivity index (χ0v) is 11.9. The van der Waals surface area contributed by atoms with Crippen molar-refractivity contribution < 1.29 is 19.1 Å². The second-order valence-electron chi connectivity index (χ2n) is 4.11. The first kappa shape index (κ1) is 14.6. The highest BCUT2D eigenvalue weighted by atomic mass is 16.6. The standard InChI is InChI=1S/C15H14NO5/c1-19-12-5-4-6-13(20-2)15(12)10-7-8-11(16(17)18)14(9-10)21-3/h5-9H,1-3H3. The van der Waals surface area contributed by atoms with Crippen molar-refractivity contribution in [1.82, 2.24) is 0 Å². The maximum absolute atomic E-state index is 10.9. The molecule has 0 spiro atoms. The zero-order valence-electron chi connectivity index (χ0n) is 11.9. The molecule has 0 heterocycles. The fourth-order valence-corrected chi connectivity index (χ4v) is 2.05. The van der Waals surface area contributed by atoms with Crippen molar-refractivity contribution in [3.8, 4) is 28.4 Å². The van der Waals surface area contributed by atoms with Crippen LogP contribution in [-0.2, 0) is 0 Å². The van der Waals surface area contributed by atoms with Gasteiger partial charge in [-0.1, -0.05) is 0 Å². The minimum Gasteiger partial charge on any atom is -0.496 e. The van der Waals surface area contributed by atoms with Gasteiger partial charge in [0.15, 0.2) is 5.75 Å². The lowest BCUT2D eigenvalue weighted by molar-refractivity contribution is -0.385. The van der Waals surface area contributed by atoms with Gasteiger partial charge in [-0.05, 0) is 35.9 Å². The monoisotopic (exact) mass is 288 g/mol. The predicted octanol–water partition coefficient (Wildman–Crippen LogP) is 3.09. The van der Waals surface area contributed by atoms with Crippen molar-refractivity contribution in [2.75, 3.05) is 21.3 Å². The van der Waals surface area contributed by atoms with Crippen LogP contribution in [0.15, 0.2) is 30.3 Å². The molecule has 2 aromatic rings. The molecule has 21 heavy (non-hydrogen) atoms. The van der Waals surface area contributed by atoms with E-state index in [0.29, 0.717) is 22.6 Å². The van der Waals surface area contributed by atoms with E-state index in [1.807, 2.05) is 0 Å². The van der Waals surface area contributed by atoms with E-state index in [0.717, 1.165) is 0 Å². The average molecular weight is 288 g/mol. The van der Waals surface area contributed by atoms with Gasteiger partial charge >= 0.3 is 5.69 Å². The smallest absolute Gasteiger partial charge is 0.310 e. The summed E-state index contributed by atoms with van der Waals surface area (Å²) in [6.07, 6.45) is 0. The molecule has 0 fully saturated rings. The number of nitro groups is 1. The van der Waals surface area contributed by atoms with Gasteiger partial charge in [-0.3, -0.25) is 10.1 Å². The summed E-state index contributed by atoms with van der Waals surface area (Å²) >= 11 is 0. The number of methoxy groups -OCH3 is 3. The third-order valence-corrected chi connectivity index (χ3v) is 3.03. The number of benzene rings is 2. The van der Waals surface area contributed by atoms with Gasteiger partial charge < -0.3 is 14.2 Å². The molecule has 2 rings (SSSR count). The quantitative estimate of drug-likeness (QED) is 0.624. The topological polar surface area (TPSA) is 70.8 Å². The largest absolute Gasteiger partial charge is 0.496 e. The van der Waals surface area contributed by atoms with Gasteiger partial charge in [-0.15, -0.1) is 0 Å². The Morgan fingerprint density at radius 1 is 1.00 bits per heavy atom. The van der Waals surface area contributed by atoms with Crippen LogP contribution in [0.1, 0.15) is 0 Å². The Labute approximate surface area is 122 Å². The highest BCUT2D eigenvalue weighted by molar-refractivity contribution is 5.78. The molecule has 0 bridgehead atoms. The zero-order chi connectivity index (χ0) is 15.4. The maximum atomic E-state index is 10.9.